The second kappa shape index (κ2) is 5.53. The van der Waals surface area contributed by atoms with Gasteiger partial charge in [-0.15, -0.1) is 0 Å². The van der Waals surface area contributed by atoms with Crippen LogP contribution < -0.4 is 0 Å². The van der Waals surface area contributed by atoms with Gasteiger partial charge in [-0.25, -0.2) is 18.4 Å². The van der Waals surface area contributed by atoms with Crippen molar-refractivity contribution in [3.05, 3.63) is 30.1 Å². The van der Waals surface area contributed by atoms with E-state index in [-0.39, 0.29) is 22.9 Å². The zero-order valence-corrected chi connectivity index (χ0v) is 14.0. The summed E-state index contributed by atoms with van der Waals surface area (Å²) < 4.78 is 29.4. The van der Waals surface area contributed by atoms with Gasteiger partial charge in [0.2, 0.25) is 15.0 Å². The van der Waals surface area contributed by atoms with Crippen LogP contribution in [0.1, 0.15) is 57.1 Å². The molecule has 1 aliphatic carbocycles. The predicted molar refractivity (Wildman–Crippen MR) is 83.4 cm³/mol. The molecule has 6 nitrogen and oxygen atoms in total. The van der Waals surface area contributed by atoms with Crippen molar-refractivity contribution >= 4 is 9.84 Å². The normalized spacial score (nSPS) is 15.6. The van der Waals surface area contributed by atoms with Gasteiger partial charge in [-0.2, -0.15) is 0 Å². The summed E-state index contributed by atoms with van der Waals surface area (Å²) in [5.41, 5.74) is 1.000. The molecule has 0 radical (unpaired) electrons. The van der Waals surface area contributed by atoms with Crippen LogP contribution in [0.3, 0.4) is 0 Å². The molecule has 2 aromatic rings. The third kappa shape index (κ3) is 2.69. The lowest BCUT2D eigenvalue weighted by Gasteiger charge is -2.13. The summed E-state index contributed by atoms with van der Waals surface area (Å²) in [6.45, 7) is 6.81. The molecule has 2 heterocycles. The molecule has 3 rings (SSSR count). The number of sulfone groups is 1. The predicted octanol–water partition coefficient (Wildman–Crippen LogP) is 2.53. The minimum atomic E-state index is -3.50. The van der Waals surface area contributed by atoms with Crippen molar-refractivity contribution in [2.75, 3.05) is 0 Å². The van der Waals surface area contributed by atoms with Crippen molar-refractivity contribution in [3.8, 4) is 0 Å². The van der Waals surface area contributed by atoms with Gasteiger partial charge in [-0.1, -0.05) is 13.8 Å². The number of hydrogen-bond donors (Lipinski definition) is 0. The van der Waals surface area contributed by atoms with Crippen LogP contribution in [0.15, 0.2) is 23.7 Å². The number of hydrogen-bond acceptors (Lipinski definition) is 4. The fourth-order valence-electron chi connectivity index (χ4n) is 2.72. The van der Waals surface area contributed by atoms with Gasteiger partial charge in [0.05, 0.1) is 0 Å². The third-order valence-electron chi connectivity index (χ3n) is 4.03. The van der Waals surface area contributed by atoms with E-state index < -0.39 is 9.84 Å². The first-order valence-corrected chi connectivity index (χ1v) is 9.39. The van der Waals surface area contributed by atoms with Crippen LogP contribution in [0, 0.1) is 0 Å². The van der Waals surface area contributed by atoms with E-state index in [1.165, 1.54) is 0 Å². The lowest BCUT2D eigenvalue weighted by atomic mass is 10.1. The molecule has 22 heavy (non-hydrogen) atoms. The number of aryl methyl sites for hydroxylation is 1. The summed E-state index contributed by atoms with van der Waals surface area (Å²) in [6.07, 6.45) is 7.21. The monoisotopic (exact) mass is 322 g/mol. The molecule has 0 bridgehead atoms. The van der Waals surface area contributed by atoms with E-state index in [1.54, 1.807) is 18.6 Å². The van der Waals surface area contributed by atoms with E-state index >= 15 is 0 Å². The molecular weight excluding hydrogens is 300 g/mol. The van der Waals surface area contributed by atoms with Crippen molar-refractivity contribution in [1.29, 1.82) is 0 Å². The summed E-state index contributed by atoms with van der Waals surface area (Å²) in [6, 6.07) is 0.288. The Balaban J connectivity index is 1.99. The Morgan fingerprint density at radius 2 is 2.05 bits per heavy atom. The van der Waals surface area contributed by atoms with Crippen molar-refractivity contribution in [2.24, 2.45) is 0 Å². The molecule has 0 amide bonds. The van der Waals surface area contributed by atoms with E-state index in [1.807, 2.05) is 16.1 Å². The molecule has 0 unspecified atom stereocenters. The standard InChI is InChI=1S/C15H22N4O2S/c1-4-18-8-7-16-14(18)10-22(20,21)15-17-9-13(11(2)3)19(15)12-5-6-12/h7-9,11-12H,4-6,10H2,1-3H3. The summed E-state index contributed by atoms with van der Waals surface area (Å²) in [5, 5.41) is 0.198. The Morgan fingerprint density at radius 3 is 2.64 bits per heavy atom. The highest BCUT2D eigenvalue weighted by Gasteiger charge is 2.34. The zero-order valence-electron chi connectivity index (χ0n) is 13.2. The summed E-state index contributed by atoms with van der Waals surface area (Å²) in [4.78, 5) is 8.42. The van der Waals surface area contributed by atoms with Crippen LogP contribution >= 0.6 is 0 Å². The minimum absolute atomic E-state index is 0.102. The second-order valence-corrected chi connectivity index (χ2v) is 7.99. The quantitative estimate of drug-likeness (QED) is 0.819. The van der Waals surface area contributed by atoms with Gasteiger partial charge in [0, 0.05) is 36.9 Å². The zero-order chi connectivity index (χ0) is 15.9. The molecule has 0 aliphatic heterocycles. The van der Waals surface area contributed by atoms with Crippen LogP contribution in [0.2, 0.25) is 0 Å². The molecule has 0 atom stereocenters. The van der Waals surface area contributed by atoms with Crippen molar-refractivity contribution in [3.63, 3.8) is 0 Å². The Hall–Kier alpha value is -1.63. The number of nitrogens with zero attached hydrogens (tertiary/aromatic N) is 4. The number of aromatic nitrogens is 4. The van der Waals surface area contributed by atoms with E-state index in [0.717, 1.165) is 18.5 Å². The Bertz CT molecular complexity index is 769. The molecule has 0 aromatic carbocycles. The molecule has 1 fully saturated rings. The van der Waals surface area contributed by atoms with Gasteiger partial charge in [-0.3, -0.25) is 0 Å². The van der Waals surface area contributed by atoms with Crippen molar-refractivity contribution in [1.82, 2.24) is 19.1 Å². The fraction of sp³-hybridized carbons (Fsp3) is 0.600. The first-order valence-electron chi connectivity index (χ1n) is 7.74. The summed E-state index contributed by atoms with van der Waals surface area (Å²) in [7, 11) is -3.50. The first-order chi connectivity index (χ1) is 10.4. The largest absolute Gasteiger partial charge is 0.334 e. The lowest BCUT2D eigenvalue weighted by molar-refractivity contribution is 0.548. The van der Waals surface area contributed by atoms with E-state index in [4.69, 9.17) is 0 Å². The average molecular weight is 322 g/mol. The van der Waals surface area contributed by atoms with E-state index in [2.05, 4.69) is 23.8 Å². The highest BCUT2D eigenvalue weighted by atomic mass is 32.2. The minimum Gasteiger partial charge on any atom is -0.334 e. The maximum atomic E-state index is 12.8. The molecule has 1 aliphatic rings. The average Bonchev–Trinajstić information content (AvgIpc) is 3.02. The molecule has 7 heteroatoms. The smallest absolute Gasteiger partial charge is 0.228 e. The third-order valence-corrected chi connectivity index (χ3v) is 5.53. The van der Waals surface area contributed by atoms with E-state index in [9.17, 15) is 8.42 Å². The van der Waals surface area contributed by atoms with Crippen LogP contribution in [-0.2, 0) is 22.1 Å². The maximum absolute atomic E-state index is 12.8. The lowest BCUT2D eigenvalue weighted by Crippen LogP contribution is -2.16. The van der Waals surface area contributed by atoms with Crippen LogP contribution in [0.25, 0.3) is 0 Å². The molecule has 2 aromatic heterocycles. The molecule has 120 valence electrons. The molecule has 0 saturated heterocycles. The highest BCUT2D eigenvalue weighted by molar-refractivity contribution is 7.90. The van der Waals surface area contributed by atoms with Gasteiger partial charge in [-0.05, 0) is 25.7 Å². The van der Waals surface area contributed by atoms with Crippen LogP contribution in [0.5, 0.6) is 0 Å². The topological polar surface area (TPSA) is 69.8 Å². The van der Waals surface area contributed by atoms with E-state index in [0.29, 0.717) is 12.4 Å². The Labute approximate surface area is 131 Å². The SMILES string of the molecule is CCn1ccnc1CS(=O)(=O)c1ncc(C(C)C)n1C1CC1. The first kappa shape index (κ1) is 15.3. The fourth-order valence-corrected chi connectivity index (χ4v) is 4.19. The molecular formula is C15H22N4O2S. The van der Waals surface area contributed by atoms with Gasteiger partial charge in [0.25, 0.3) is 0 Å². The molecule has 0 spiro atoms. The van der Waals surface area contributed by atoms with Gasteiger partial charge < -0.3 is 9.13 Å². The Morgan fingerprint density at radius 1 is 1.32 bits per heavy atom. The number of rotatable bonds is 6. The van der Waals surface area contributed by atoms with Crippen LogP contribution in [-0.4, -0.2) is 27.5 Å². The van der Waals surface area contributed by atoms with Crippen molar-refractivity contribution < 1.29 is 8.42 Å². The van der Waals surface area contributed by atoms with Gasteiger partial charge in [0.15, 0.2) is 0 Å². The number of imidazole rings is 2. The highest BCUT2D eigenvalue weighted by Crippen LogP contribution is 2.40. The second-order valence-electron chi connectivity index (χ2n) is 6.11. The van der Waals surface area contributed by atoms with Crippen molar-refractivity contribution in [2.45, 2.75) is 63.0 Å². The molecule has 0 N–H and O–H groups in total. The van der Waals surface area contributed by atoms with Gasteiger partial charge >= 0.3 is 0 Å². The summed E-state index contributed by atoms with van der Waals surface area (Å²) in [5.74, 6) is 0.725. The molecule has 1 saturated carbocycles. The Kier molecular flexibility index (Phi) is 3.84. The summed E-state index contributed by atoms with van der Waals surface area (Å²) >= 11 is 0. The maximum Gasteiger partial charge on any atom is 0.228 e. The van der Waals surface area contributed by atoms with Crippen LogP contribution in [0.4, 0.5) is 0 Å². The van der Waals surface area contributed by atoms with Gasteiger partial charge in [0.1, 0.15) is 11.6 Å².